The van der Waals surface area contributed by atoms with Crippen molar-refractivity contribution in [3.63, 3.8) is 0 Å². The van der Waals surface area contributed by atoms with Gasteiger partial charge in [0, 0.05) is 18.7 Å². The maximum absolute atomic E-state index is 14.3. The molecule has 1 saturated heterocycles. The summed E-state index contributed by atoms with van der Waals surface area (Å²) in [5, 5.41) is 9.38. The molecule has 28 heavy (non-hydrogen) atoms. The van der Waals surface area contributed by atoms with Gasteiger partial charge in [-0.1, -0.05) is 37.3 Å². The van der Waals surface area contributed by atoms with Crippen molar-refractivity contribution >= 4 is 5.96 Å². The molecule has 0 aromatic heterocycles. The van der Waals surface area contributed by atoms with Crippen LogP contribution in [0.4, 0.5) is 4.39 Å². The molecule has 1 unspecified atom stereocenters. The molecule has 3 rings (SSSR count). The minimum absolute atomic E-state index is 0.0110. The molecule has 2 aliphatic rings. The van der Waals surface area contributed by atoms with Crippen LogP contribution in [0.5, 0.6) is 0 Å². The molecule has 0 spiro atoms. The van der Waals surface area contributed by atoms with Gasteiger partial charge < -0.3 is 14.7 Å². The molecule has 1 fully saturated rings. The van der Waals surface area contributed by atoms with Crippen LogP contribution >= 0.6 is 0 Å². The number of fused-ring (bicyclic) bond motifs is 1. The van der Waals surface area contributed by atoms with Crippen LogP contribution in [-0.4, -0.2) is 53.9 Å². The number of aliphatic imine (C=N–C) groups is 1. The van der Waals surface area contributed by atoms with Gasteiger partial charge in [0.2, 0.25) is 12.2 Å². The van der Waals surface area contributed by atoms with E-state index in [1.165, 1.54) is 0 Å². The predicted molar refractivity (Wildman–Crippen MR) is 110 cm³/mol. The van der Waals surface area contributed by atoms with Crippen LogP contribution < -0.4 is 0 Å². The number of allylic oxidation sites excluding steroid dienone is 2. The van der Waals surface area contributed by atoms with E-state index >= 15 is 0 Å². The lowest BCUT2D eigenvalue weighted by Gasteiger charge is -2.35. The van der Waals surface area contributed by atoms with Crippen LogP contribution in [0.15, 0.2) is 59.0 Å². The fraction of sp³-hybridized carbons (Fsp3) is 0.455. The molecular weight excluding hydrogens is 353 g/mol. The summed E-state index contributed by atoms with van der Waals surface area (Å²) in [6, 6.07) is 10.1. The summed E-state index contributed by atoms with van der Waals surface area (Å²) in [5.41, 5.74) is 2.19. The van der Waals surface area contributed by atoms with Gasteiger partial charge in [-0.3, -0.25) is 0 Å². The molecule has 1 aliphatic carbocycles. The van der Waals surface area contributed by atoms with Crippen molar-refractivity contribution in [1.82, 2.24) is 14.7 Å². The third-order valence-corrected chi connectivity index (χ3v) is 5.25. The van der Waals surface area contributed by atoms with Crippen LogP contribution in [0.1, 0.15) is 37.8 Å². The topological polar surface area (TPSA) is 45.9 Å². The SMILES string of the molecule is CCCN1C2=CC=C(F)CC2N([C@H](CCN(C)C)c2ccccc2)C1=NC#N. The highest BCUT2D eigenvalue weighted by Gasteiger charge is 2.44. The van der Waals surface area contributed by atoms with E-state index in [-0.39, 0.29) is 17.9 Å². The molecule has 0 radical (unpaired) electrons. The first-order valence-electron chi connectivity index (χ1n) is 9.85. The molecule has 148 valence electrons. The molecular formula is C22H28FN5. The Morgan fingerprint density at radius 1 is 1.29 bits per heavy atom. The highest BCUT2D eigenvalue weighted by molar-refractivity contribution is 5.87. The lowest BCUT2D eigenvalue weighted by Crippen LogP contribution is -2.40. The van der Waals surface area contributed by atoms with Crippen molar-refractivity contribution in [3.8, 4) is 6.19 Å². The molecule has 1 aromatic carbocycles. The molecule has 1 aromatic rings. The van der Waals surface area contributed by atoms with Crippen molar-refractivity contribution in [3.05, 3.63) is 59.6 Å². The summed E-state index contributed by atoms with van der Waals surface area (Å²) in [4.78, 5) is 10.6. The van der Waals surface area contributed by atoms with Crippen molar-refractivity contribution in [2.75, 3.05) is 27.2 Å². The van der Waals surface area contributed by atoms with Crippen LogP contribution in [0, 0.1) is 11.5 Å². The second kappa shape index (κ2) is 9.03. The summed E-state index contributed by atoms with van der Waals surface area (Å²) in [6.45, 7) is 3.74. The van der Waals surface area contributed by atoms with Crippen molar-refractivity contribution < 1.29 is 4.39 Å². The van der Waals surface area contributed by atoms with Gasteiger partial charge in [0.05, 0.1) is 12.1 Å². The van der Waals surface area contributed by atoms with Gasteiger partial charge in [-0.25, -0.2) is 4.39 Å². The number of rotatable bonds is 7. The zero-order chi connectivity index (χ0) is 20.1. The number of nitriles is 1. The van der Waals surface area contributed by atoms with E-state index in [0.717, 1.165) is 37.2 Å². The second-order valence-electron chi connectivity index (χ2n) is 7.51. The van der Waals surface area contributed by atoms with E-state index in [9.17, 15) is 9.65 Å². The maximum atomic E-state index is 14.3. The zero-order valence-electron chi connectivity index (χ0n) is 16.8. The largest absolute Gasteiger partial charge is 0.326 e. The lowest BCUT2D eigenvalue weighted by atomic mass is 9.97. The number of hydrogen-bond donors (Lipinski definition) is 0. The highest BCUT2D eigenvalue weighted by atomic mass is 19.1. The minimum atomic E-state index is -0.143. The lowest BCUT2D eigenvalue weighted by molar-refractivity contribution is 0.235. The van der Waals surface area contributed by atoms with Gasteiger partial charge >= 0.3 is 0 Å². The van der Waals surface area contributed by atoms with Gasteiger partial charge in [0.25, 0.3) is 0 Å². The van der Waals surface area contributed by atoms with Crippen molar-refractivity contribution in [1.29, 1.82) is 5.26 Å². The third-order valence-electron chi connectivity index (χ3n) is 5.25. The number of hydrogen-bond acceptors (Lipinski definition) is 3. The Balaban J connectivity index is 2.07. The molecule has 0 amide bonds. The second-order valence-corrected chi connectivity index (χ2v) is 7.51. The molecule has 5 nitrogen and oxygen atoms in total. The van der Waals surface area contributed by atoms with Crippen LogP contribution in [-0.2, 0) is 0 Å². The molecule has 1 heterocycles. The molecule has 6 heteroatoms. The number of benzene rings is 1. The fourth-order valence-corrected chi connectivity index (χ4v) is 4.04. The molecule has 1 aliphatic heterocycles. The minimum Gasteiger partial charge on any atom is -0.326 e. The number of guanidine groups is 1. The summed E-state index contributed by atoms with van der Waals surface area (Å²) < 4.78 is 14.3. The van der Waals surface area contributed by atoms with Crippen LogP contribution in [0.3, 0.4) is 0 Å². The first-order valence-corrected chi connectivity index (χ1v) is 9.85. The van der Waals surface area contributed by atoms with E-state index in [4.69, 9.17) is 0 Å². The van der Waals surface area contributed by atoms with Gasteiger partial charge in [-0.05, 0) is 51.2 Å². The Bertz CT molecular complexity index is 806. The highest BCUT2D eigenvalue weighted by Crippen LogP contribution is 2.41. The predicted octanol–water partition coefficient (Wildman–Crippen LogP) is 4.05. The molecule has 0 saturated carbocycles. The first kappa shape index (κ1) is 20.1. The first-order chi connectivity index (χ1) is 13.6. The Morgan fingerprint density at radius 3 is 2.68 bits per heavy atom. The van der Waals surface area contributed by atoms with E-state index < -0.39 is 0 Å². The molecule has 0 bridgehead atoms. The fourth-order valence-electron chi connectivity index (χ4n) is 4.04. The number of nitrogens with zero attached hydrogens (tertiary/aromatic N) is 5. The zero-order valence-corrected chi connectivity index (χ0v) is 16.8. The van der Waals surface area contributed by atoms with Crippen LogP contribution in [0.25, 0.3) is 0 Å². The Hall–Kier alpha value is -2.65. The monoisotopic (exact) mass is 381 g/mol. The Kier molecular flexibility index (Phi) is 6.48. The van der Waals surface area contributed by atoms with E-state index in [0.29, 0.717) is 12.4 Å². The third kappa shape index (κ3) is 4.10. The van der Waals surface area contributed by atoms with Gasteiger partial charge in [-0.15, -0.1) is 4.99 Å². The standard InChI is InChI=1S/C22H28FN5/c1-4-13-27-20-11-10-18(23)15-21(20)28(22(27)25-16-24)19(12-14-26(2)3)17-8-6-5-7-9-17/h5-11,19,21H,4,12-15H2,1-3H3/t19-,21?/m1/s1. The van der Waals surface area contributed by atoms with E-state index in [2.05, 4.69) is 38.7 Å². The van der Waals surface area contributed by atoms with E-state index in [1.54, 1.807) is 6.08 Å². The van der Waals surface area contributed by atoms with Gasteiger partial charge in [0.15, 0.2) is 0 Å². The number of halogens is 1. The average molecular weight is 381 g/mol. The smallest absolute Gasteiger partial charge is 0.217 e. The summed E-state index contributed by atoms with van der Waals surface area (Å²) in [6.07, 6.45) is 7.45. The van der Waals surface area contributed by atoms with Crippen molar-refractivity contribution in [2.24, 2.45) is 4.99 Å². The summed E-state index contributed by atoms with van der Waals surface area (Å²) in [5.74, 6) is 0.504. The van der Waals surface area contributed by atoms with Gasteiger partial charge in [-0.2, -0.15) is 5.26 Å². The maximum Gasteiger partial charge on any atom is 0.217 e. The Morgan fingerprint density at radius 2 is 2.04 bits per heavy atom. The molecule has 2 atom stereocenters. The Labute approximate surface area is 167 Å². The van der Waals surface area contributed by atoms with E-state index in [1.807, 2.05) is 44.6 Å². The molecule has 0 N–H and O–H groups in total. The quantitative estimate of drug-likeness (QED) is 0.669. The van der Waals surface area contributed by atoms with Crippen molar-refractivity contribution in [2.45, 2.75) is 38.3 Å². The van der Waals surface area contributed by atoms with Gasteiger partial charge in [0.1, 0.15) is 5.83 Å². The summed E-state index contributed by atoms with van der Waals surface area (Å²) in [7, 11) is 4.10. The van der Waals surface area contributed by atoms with Crippen LogP contribution in [0.2, 0.25) is 0 Å². The normalized spacial score (nSPS) is 21.4. The average Bonchev–Trinajstić information content (AvgIpc) is 2.96. The summed E-state index contributed by atoms with van der Waals surface area (Å²) >= 11 is 0.